The minimum absolute atomic E-state index is 0.227. The maximum absolute atomic E-state index is 13.8. The smallest absolute Gasteiger partial charge is 0.279 e. The van der Waals surface area contributed by atoms with Gasteiger partial charge in [-0.2, -0.15) is 5.10 Å². The first-order valence-corrected chi connectivity index (χ1v) is 5.73. The van der Waals surface area contributed by atoms with Gasteiger partial charge in [0.2, 0.25) is 0 Å². The van der Waals surface area contributed by atoms with Gasteiger partial charge in [0.05, 0.1) is 25.5 Å². The molecule has 0 aliphatic carbocycles. The van der Waals surface area contributed by atoms with Crippen molar-refractivity contribution in [2.24, 2.45) is 0 Å². The third kappa shape index (κ3) is 3.74. The number of hydrogen-bond acceptors (Lipinski definition) is 3. The summed E-state index contributed by atoms with van der Waals surface area (Å²) in [5.41, 5.74) is 0.757. The largest absolute Gasteiger partial charge is 0.379 e. The molecule has 6 heteroatoms. The molecule has 0 radical (unpaired) electrons. The van der Waals surface area contributed by atoms with Crippen LogP contribution in [0.5, 0.6) is 0 Å². The Labute approximate surface area is 99.2 Å². The zero-order chi connectivity index (χ0) is 12.3. The van der Waals surface area contributed by atoms with Crippen molar-refractivity contribution in [3.8, 4) is 0 Å². The molecule has 1 aliphatic rings. The highest BCUT2D eigenvalue weighted by molar-refractivity contribution is 4.95. The Morgan fingerprint density at radius 1 is 1.35 bits per heavy atom. The summed E-state index contributed by atoms with van der Waals surface area (Å²) < 4.78 is 34.0. The predicted molar refractivity (Wildman–Crippen MR) is 59.2 cm³/mol. The van der Waals surface area contributed by atoms with E-state index in [9.17, 15) is 8.78 Å². The van der Waals surface area contributed by atoms with E-state index in [1.807, 2.05) is 0 Å². The number of nitrogens with zero attached hydrogens (tertiary/aromatic N) is 3. The molecule has 1 aromatic heterocycles. The SMILES string of the molecule is Cc1ccn(CC(F)(F)CN2CCOCC2)n1. The molecule has 0 unspecified atom stereocenters. The fourth-order valence-corrected chi connectivity index (χ4v) is 1.92. The van der Waals surface area contributed by atoms with Gasteiger partial charge in [0.15, 0.2) is 0 Å². The summed E-state index contributed by atoms with van der Waals surface area (Å²) in [6.07, 6.45) is 1.59. The standard InChI is InChI=1S/C11H17F2N3O/c1-10-2-3-16(14-10)9-11(12,13)8-15-4-6-17-7-5-15/h2-3H,4-9H2,1H3. The van der Waals surface area contributed by atoms with Crippen LogP contribution in [-0.2, 0) is 11.3 Å². The van der Waals surface area contributed by atoms with Crippen molar-refractivity contribution in [2.75, 3.05) is 32.8 Å². The highest BCUT2D eigenvalue weighted by Gasteiger charge is 2.33. The Balaban J connectivity index is 1.88. The predicted octanol–water partition coefficient (Wildman–Crippen LogP) is 1.16. The number of hydrogen-bond donors (Lipinski definition) is 0. The summed E-state index contributed by atoms with van der Waals surface area (Å²) in [7, 11) is 0. The molecule has 0 aromatic carbocycles. The first-order chi connectivity index (χ1) is 8.05. The summed E-state index contributed by atoms with van der Waals surface area (Å²) in [6, 6.07) is 1.73. The van der Waals surface area contributed by atoms with E-state index in [0.717, 1.165) is 5.69 Å². The molecule has 17 heavy (non-hydrogen) atoms. The highest BCUT2D eigenvalue weighted by atomic mass is 19.3. The Hall–Kier alpha value is -1.01. The van der Waals surface area contributed by atoms with Crippen molar-refractivity contribution in [2.45, 2.75) is 19.4 Å². The van der Waals surface area contributed by atoms with E-state index in [2.05, 4.69) is 5.10 Å². The second-order valence-corrected chi connectivity index (χ2v) is 4.40. The van der Waals surface area contributed by atoms with Gasteiger partial charge < -0.3 is 4.74 Å². The lowest BCUT2D eigenvalue weighted by Gasteiger charge is -2.30. The van der Waals surface area contributed by atoms with Crippen LogP contribution in [0.2, 0.25) is 0 Å². The lowest BCUT2D eigenvalue weighted by atomic mass is 10.3. The molecule has 4 nitrogen and oxygen atoms in total. The number of morpholine rings is 1. The quantitative estimate of drug-likeness (QED) is 0.797. The second kappa shape index (κ2) is 5.10. The molecule has 0 spiro atoms. The number of alkyl halides is 2. The number of aryl methyl sites for hydroxylation is 1. The Kier molecular flexibility index (Phi) is 3.73. The van der Waals surface area contributed by atoms with E-state index in [1.54, 1.807) is 24.1 Å². The van der Waals surface area contributed by atoms with E-state index in [4.69, 9.17) is 4.74 Å². The molecule has 2 heterocycles. The fourth-order valence-electron chi connectivity index (χ4n) is 1.92. The summed E-state index contributed by atoms with van der Waals surface area (Å²) in [4.78, 5) is 1.74. The highest BCUT2D eigenvalue weighted by Crippen LogP contribution is 2.18. The van der Waals surface area contributed by atoms with Gasteiger partial charge in [-0.25, -0.2) is 8.78 Å². The molecular weight excluding hydrogens is 228 g/mol. The van der Waals surface area contributed by atoms with Crippen LogP contribution < -0.4 is 0 Å². The molecule has 0 atom stereocenters. The maximum atomic E-state index is 13.8. The van der Waals surface area contributed by atoms with E-state index in [1.165, 1.54) is 4.68 Å². The first-order valence-electron chi connectivity index (χ1n) is 5.73. The Morgan fingerprint density at radius 3 is 2.65 bits per heavy atom. The molecule has 0 amide bonds. The van der Waals surface area contributed by atoms with Gasteiger partial charge in [0.25, 0.3) is 5.92 Å². The average Bonchev–Trinajstić information content (AvgIpc) is 2.63. The summed E-state index contributed by atoms with van der Waals surface area (Å²) in [5.74, 6) is -2.75. The minimum Gasteiger partial charge on any atom is -0.379 e. The van der Waals surface area contributed by atoms with Gasteiger partial charge in [-0.05, 0) is 13.0 Å². The maximum Gasteiger partial charge on any atom is 0.279 e. The van der Waals surface area contributed by atoms with Gasteiger partial charge >= 0.3 is 0 Å². The van der Waals surface area contributed by atoms with Crippen molar-refractivity contribution < 1.29 is 13.5 Å². The minimum atomic E-state index is -2.75. The van der Waals surface area contributed by atoms with Crippen LogP contribution in [0.15, 0.2) is 12.3 Å². The van der Waals surface area contributed by atoms with Gasteiger partial charge in [0.1, 0.15) is 6.54 Å². The van der Waals surface area contributed by atoms with Crippen molar-refractivity contribution in [3.05, 3.63) is 18.0 Å². The molecule has 0 bridgehead atoms. The number of aromatic nitrogens is 2. The molecule has 0 N–H and O–H groups in total. The molecule has 1 aromatic rings. The van der Waals surface area contributed by atoms with E-state index in [0.29, 0.717) is 26.3 Å². The average molecular weight is 245 g/mol. The van der Waals surface area contributed by atoms with Gasteiger partial charge in [-0.15, -0.1) is 0 Å². The van der Waals surface area contributed by atoms with Crippen LogP contribution in [0.1, 0.15) is 5.69 Å². The van der Waals surface area contributed by atoms with Crippen LogP contribution in [0, 0.1) is 6.92 Å². The zero-order valence-corrected chi connectivity index (χ0v) is 9.90. The van der Waals surface area contributed by atoms with Crippen LogP contribution in [0.4, 0.5) is 8.78 Å². The lowest BCUT2D eigenvalue weighted by molar-refractivity contribution is -0.0689. The van der Waals surface area contributed by atoms with Crippen LogP contribution in [0.3, 0.4) is 0 Å². The summed E-state index contributed by atoms with van der Waals surface area (Å²) >= 11 is 0. The number of halogens is 2. The van der Waals surface area contributed by atoms with E-state index in [-0.39, 0.29) is 13.1 Å². The van der Waals surface area contributed by atoms with Gasteiger partial charge in [-0.3, -0.25) is 9.58 Å². The normalized spacial score (nSPS) is 18.5. The van der Waals surface area contributed by atoms with E-state index < -0.39 is 5.92 Å². The van der Waals surface area contributed by atoms with Crippen LogP contribution in [0.25, 0.3) is 0 Å². The molecular formula is C11H17F2N3O. The topological polar surface area (TPSA) is 30.3 Å². The zero-order valence-electron chi connectivity index (χ0n) is 9.90. The fraction of sp³-hybridized carbons (Fsp3) is 0.727. The third-order valence-corrected chi connectivity index (χ3v) is 2.73. The molecule has 1 aliphatic heterocycles. The van der Waals surface area contributed by atoms with Crippen molar-refractivity contribution in [1.29, 1.82) is 0 Å². The monoisotopic (exact) mass is 245 g/mol. The van der Waals surface area contributed by atoms with Crippen molar-refractivity contribution in [3.63, 3.8) is 0 Å². The van der Waals surface area contributed by atoms with Gasteiger partial charge in [0, 0.05) is 19.3 Å². The summed E-state index contributed by atoms with van der Waals surface area (Å²) in [6.45, 7) is 3.43. The van der Waals surface area contributed by atoms with E-state index >= 15 is 0 Å². The first kappa shape index (κ1) is 12.4. The number of ether oxygens (including phenoxy) is 1. The number of rotatable bonds is 4. The lowest BCUT2D eigenvalue weighted by Crippen LogP contribution is -2.45. The van der Waals surface area contributed by atoms with Crippen LogP contribution >= 0.6 is 0 Å². The Morgan fingerprint density at radius 2 is 2.06 bits per heavy atom. The molecule has 0 saturated carbocycles. The van der Waals surface area contributed by atoms with Crippen molar-refractivity contribution >= 4 is 0 Å². The van der Waals surface area contributed by atoms with Gasteiger partial charge in [-0.1, -0.05) is 0 Å². The molecule has 1 fully saturated rings. The Bertz CT molecular complexity index is 361. The molecule has 2 rings (SSSR count). The third-order valence-electron chi connectivity index (χ3n) is 2.73. The molecule has 96 valence electrons. The molecule has 1 saturated heterocycles. The second-order valence-electron chi connectivity index (χ2n) is 4.40. The summed E-state index contributed by atoms with van der Waals surface area (Å²) in [5, 5.41) is 3.98. The van der Waals surface area contributed by atoms with Crippen LogP contribution in [-0.4, -0.2) is 53.5 Å². The van der Waals surface area contributed by atoms with Crippen molar-refractivity contribution in [1.82, 2.24) is 14.7 Å².